The average molecular weight is 332 g/mol. The molecule has 2 atom stereocenters. The third-order valence-corrected chi connectivity index (χ3v) is 4.40. The third kappa shape index (κ3) is 5.19. The summed E-state index contributed by atoms with van der Waals surface area (Å²) in [7, 11) is 0. The van der Waals surface area contributed by atoms with Crippen LogP contribution >= 0.6 is 11.3 Å². The molecule has 3 N–H and O–H groups in total. The Morgan fingerprint density at radius 3 is 2.52 bits per heavy atom. The first-order valence-corrected chi connectivity index (χ1v) is 8.31. The minimum absolute atomic E-state index is 0.241. The van der Waals surface area contributed by atoms with E-state index in [2.05, 4.69) is 10.6 Å². The van der Waals surface area contributed by atoms with E-state index in [0.717, 1.165) is 10.4 Å². The van der Waals surface area contributed by atoms with Crippen LogP contribution in [0.4, 0.5) is 0 Å². The number of hydrogen-bond donors (Lipinski definition) is 3. The number of amides is 2. The maximum absolute atomic E-state index is 11.8. The average Bonchev–Trinajstić information content (AvgIpc) is 3.10. The van der Waals surface area contributed by atoms with Gasteiger partial charge < -0.3 is 15.7 Å². The topological polar surface area (TPSA) is 78.4 Å². The van der Waals surface area contributed by atoms with Gasteiger partial charge in [0.2, 0.25) is 0 Å². The van der Waals surface area contributed by atoms with Crippen molar-refractivity contribution in [1.82, 2.24) is 10.6 Å². The van der Waals surface area contributed by atoms with Gasteiger partial charge in [-0.3, -0.25) is 9.59 Å². The van der Waals surface area contributed by atoms with E-state index in [4.69, 9.17) is 0 Å². The number of rotatable bonds is 6. The molecular weight excluding hydrogens is 312 g/mol. The van der Waals surface area contributed by atoms with E-state index in [-0.39, 0.29) is 12.6 Å². The molecule has 0 aliphatic rings. The standard InChI is InChI=1S/C17H20N2O3S/c1-12(13-6-3-2-4-7-13)19-17(22)16(21)18-10-9-14(20)15-8-5-11-23-15/h2-8,11-12,14,20H,9-10H2,1H3,(H,18,21)(H,19,22)/t12-,14-/m0/s1. The van der Waals surface area contributed by atoms with Crippen LogP contribution in [0.2, 0.25) is 0 Å². The second kappa shape index (κ2) is 8.45. The lowest BCUT2D eigenvalue weighted by Crippen LogP contribution is -2.41. The molecule has 0 aliphatic heterocycles. The molecule has 2 rings (SSSR count). The van der Waals surface area contributed by atoms with Crippen LogP contribution in [0.5, 0.6) is 0 Å². The number of nitrogens with one attached hydrogen (secondary N) is 2. The van der Waals surface area contributed by atoms with Gasteiger partial charge in [0.05, 0.1) is 12.1 Å². The van der Waals surface area contributed by atoms with Crippen molar-refractivity contribution in [1.29, 1.82) is 0 Å². The molecule has 0 unspecified atom stereocenters. The highest BCUT2D eigenvalue weighted by Gasteiger charge is 2.17. The number of carbonyl (C=O) groups excluding carboxylic acids is 2. The molecule has 2 amide bonds. The Hall–Kier alpha value is -2.18. The minimum Gasteiger partial charge on any atom is -0.388 e. The molecule has 5 nitrogen and oxygen atoms in total. The van der Waals surface area contributed by atoms with E-state index >= 15 is 0 Å². The van der Waals surface area contributed by atoms with Crippen molar-refractivity contribution in [3.63, 3.8) is 0 Å². The molecule has 1 heterocycles. The first-order chi connectivity index (χ1) is 11.1. The molecule has 0 fully saturated rings. The van der Waals surface area contributed by atoms with E-state index in [1.165, 1.54) is 11.3 Å². The molecule has 23 heavy (non-hydrogen) atoms. The summed E-state index contributed by atoms with van der Waals surface area (Å²) >= 11 is 1.46. The first kappa shape index (κ1) is 17.2. The van der Waals surface area contributed by atoms with Gasteiger partial charge in [-0.05, 0) is 30.4 Å². The van der Waals surface area contributed by atoms with Crippen LogP contribution in [0.3, 0.4) is 0 Å². The summed E-state index contributed by atoms with van der Waals surface area (Å²) in [5.74, 6) is -1.36. The fourth-order valence-electron chi connectivity index (χ4n) is 2.11. The zero-order valence-corrected chi connectivity index (χ0v) is 13.7. The molecule has 0 bridgehead atoms. The second-order valence-electron chi connectivity index (χ2n) is 5.18. The Balaban J connectivity index is 1.74. The van der Waals surface area contributed by atoms with Gasteiger partial charge in [0, 0.05) is 11.4 Å². The maximum Gasteiger partial charge on any atom is 0.309 e. The van der Waals surface area contributed by atoms with Crippen LogP contribution in [0.25, 0.3) is 0 Å². The van der Waals surface area contributed by atoms with Crippen molar-refractivity contribution >= 4 is 23.2 Å². The summed E-state index contributed by atoms with van der Waals surface area (Å²) in [4.78, 5) is 24.5. The summed E-state index contributed by atoms with van der Waals surface area (Å²) in [5.41, 5.74) is 0.932. The fraction of sp³-hybridized carbons (Fsp3) is 0.294. The normalized spacial score (nSPS) is 13.1. The smallest absolute Gasteiger partial charge is 0.309 e. The molecule has 2 aromatic rings. The fourth-order valence-corrected chi connectivity index (χ4v) is 2.86. The van der Waals surface area contributed by atoms with Crippen molar-refractivity contribution in [3.05, 3.63) is 58.3 Å². The molecule has 6 heteroatoms. The summed E-state index contributed by atoms with van der Waals surface area (Å²) in [6.07, 6.45) is -0.255. The lowest BCUT2D eigenvalue weighted by atomic mass is 10.1. The van der Waals surface area contributed by atoms with Gasteiger partial charge in [0.1, 0.15) is 0 Å². The zero-order chi connectivity index (χ0) is 16.7. The molecule has 122 valence electrons. The monoisotopic (exact) mass is 332 g/mol. The summed E-state index contributed by atoms with van der Waals surface area (Å²) < 4.78 is 0. The van der Waals surface area contributed by atoms with Crippen LogP contribution in [0.15, 0.2) is 47.8 Å². The summed E-state index contributed by atoms with van der Waals surface area (Å²) in [5, 5.41) is 17.0. The number of hydrogen-bond acceptors (Lipinski definition) is 4. The first-order valence-electron chi connectivity index (χ1n) is 7.43. The molecule has 0 spiro atoms. The molecule has 1 aromatic heterocycles. The highest BCUT2D eigenvalue weighted by Crippen LogP contribution is 2.20. The van der Waals surface area contributed by atoms with Crippen molar-refractivity contribution in [3.8, 4) is 0 Å². The van der Waals surface area contributed by atoms with Gasteiger partial charge in [-0.2, -0.15) is 0 Å². The van der Waals surface area contributed by atoms with E-state index in [0.29, 0.717) is 6.42 Å². The summed E-state index contributed by atoms with van der Waals surface area (Å²) in [6.45, 7) is 2.06. The lowest BCUT2D eigenvalue weighted by molar-refractivity contribution is -0.139. The van der Waals surface area contributed by atoms with Gasteiger partial charge in [0.15, 0.2) is 0 Å². The van der Waals surface area contributed by atoms with Crippen molar-refractivity contribution in [2.75, 3.05) is 6.54 Å². The molecule has 0 radical (unpaired) electrons. The van der Waals surface area contributed by atoms with Gasteiger partial charge in [0.25, 0.3) is 0 Å². The second-order valence-corrected chi connectivity index (χ2v) is 6.16. The molecule has 1 aromatic carbocycles. The number of aliphatic hydroxyl groups is 1. The quantitative estimate of drug-likeness (QED) is 0.709. The molecule has 0 saturated carbocycles. The van der Waals surface area contributed by atoms with Crippen LogP contribution < -0.4 is 10.6 Å². The van der Waals surface area contributed by atoms with Crippen molar-refractivity contribution < 1.29 is 14.7 Å². The van der Waals surface area contributed by atoms with Crippen LogP contribution in [-0.4, -0.2) is 23.5 Å². The number of carbonyl (C=O) groups is 2. The maximum atomic E-state index is 11.8. The van der Waals surface area contributed by atoms with E-state index in [1.54, 1.807) is 0 Å². The van der Waals surface area contributed by atoms with Crippen LogP contribution in [0, 0.1) is 0 Å². The van der Waals surface area contributed by atoms with Gasteiger partial charge in [-0.15, -0.1) is 11.3 Å². The lowest BCUT2D eigenvalue weighted by Gasteiger charge is -2.14. The largest absolute Gasteiger partial charge is 0.388 e. The van der Waals surface area contributed by atoms with Gasteiger partial charge >= 0.3 is 11.8 Å². The zero-order valence-electron chi connectivity index (χ0n) is 12.9. The third-order valence-electron chi connectivity index (χ3n) is 3.43. The van der Waals surface area contributed by atoms with Gasteiger partial charge in [-0.1, -0.05) is 36.4 Å². The number of benzene rings is 1. The SMILES string of the molecule is C[C@H](NC(=O)C(=O)NCC[C@H](O)c1cccs1)c1ccccc1. The van der Waals surface area contributed by atoms with Crippen molar-refractivity contribution in [2.24, 2.45) is 0 Å². The molecular formula is C17H20N2O3S. The number of aliphatic hydroxyl groups excluding tert-OH is 1. The molecule has 0 saturated heterocycles. The predicted octanol–water partition coefficient (Wildman–Crippen LogP) is 2.17. The number of thiophene rings is 1. The van der Waals surface area contributed by atoms with E-state index < -0.39 is 17.9 Å². The van der Waals surface area contributed by atoms with Gasteiger partial charge in [-0.25, -0.2) is 0 Å². The van der Waals surface area contributed by atoms with Crippen molar-refractivity contribution in [2.45, 2.75) is 25.5 Å². The highest BCUT2D eigenvalue weighted by atomic mass is 32.1. The van der Waals surface area contributed by atoms with E-state index in [9.17, 15) is 14.7 Å². The Bertz CT molecular complexity index is 629. The van der Waals surface area contributed by atoms with Crippen LogP contribution in [-0.2, 0) is 9.59 Å². The Morgan fingerprint density at radius 1 is 1.13 bits per heavy atom. The summed E-state index contributed by atoms with van der Waals surface area (Å²) in [6, 6.07) is 12.9. The predicted molar refractivity (Wildman–Crippen MR) is 89.9 cm³/mol. The Labute approximate surface area is 139 Å². The van der Waals surface area contributed by atoms with Crippen LogP contribution in [0.1, 0.15) is 35.9 Å². The highest BCUT2D eigenvalue weighted by molar-refractivity contribution is 7.10. The Morgan fingerprint density at radius 2 is 1.87 bits per heavy atom. The minimum atomic E-state index is -0.689. The van der Waals surface area contributed by atoms with E-state index in [1.807, 2.05) is 54.8 Å². The Kier molecular flexibility index (Phi) is 6.31. The molecule has 0 aliphatic carbocycles.